The van der Waals surface area contributed by atoms with Crippen LogP contribution in [0.1, 0.15) is 11.6 Å². The molecule has 0 spiro atoms. The molecule has 0 aliphatic heterocycles. The summed E-state index contributed by atoms with van der Waals surface area (Å²) in [6.07, 6.45) is -4.59. The molecule has 0 amide bonds. The quantitative estimate of drug-likeness (QED) is 0.909. The Morgan fingerprint density at radius 1 is 1.28 bits per heavy atom. The van der Waals surface area contributed by atoms with E-state index >= 15 is 0 Å². The van der Waals surface area contributed by atoms with Crippen molar-refractivity contribution in [1.29, 1.82) is 5.26 Å². The highest BCUT2D eigenvalue weighted by Gasteiger charge is 2.37. The van der Waals surface area contributed by atoms with Gasteiger partial charge in [0.25, 0.3) is 0 Å². The zero-order valence-corrected chi connectivity index (χ0v) is 9.79. The van der Waals surface area contributed by atoms with Gasteiger partial charge in [-0.05, 0) is 17.7 Å². The molecule has 4 nitrogen and oxygen atoms in total. The maximum atomic E-state index is 12.3. The van der Waals surface area contributed by atoms with Gasteiger partial charge in [0.1, 0.15) is 11.8 Å². The molecular formula is C10H9F3N2O2S. The third-order valence-electron chi connectivity index (χ3n) is 2.21. The first-order chi connectivity index (χ1) is 8.18. The fourth-order valence-electron chi connectivity index (χ4n) is 1.24. The fraction of sp³-hybridized carbons (Fsp3) is 0.300. The molecule has 0 bridgehead atoms. The van der Waals surface area contributed by atoms with Crippen molar-refractivity contribution in [3.63, 3.8) is 0 Å². The minimum atomic E-state index is -4.59. The van der Waals surface area contributed by atoms with E-state index in [1.54, 1.807) is 0 Å². The molecule has 1 rings (SSSR count). The second-order valence-electron chi connectivity index (χ2n) is 3.51. The molecule has 0 aromatic heterocycles. The van der Waals surface area contributed by atoms with Crippen molar-refractivity contribution in [3.05, 3.63) is 29.8 Å². The van der Waals surface area contributed by atoms with Crippen LogP contribution in [0.5, 0.6) is 0 Å². The van der Waals surface area contributed by atoms with Crippen LogP contribution in [0.15, 0.2) is 29.2 Å². The number of nitrogens with zero attached hydrogens (tertiary/aromatic N) is 1. The molecule has 2 N–H and O–H groups in total. The number of hydrogen-bond donors (Lipinski definition) is 1. The van der Waals surface area contributed by atoms with Crippen LogP contribution in [-0.2, 0) is 9.84 Å². The van der Waals surface area contributed by atoms with Crippen LogP contribution in [0.2, 0.25) is 0 Å². The SMILES string of the molecule is N#CCS(=O)(=O)c1ccc([C@@H](N)C(F)(F)F)cc1. The number of rotatable bonds is 3. The Morgan fingerprint density at radius 3 is 2.17 bits per heavy atom. The third-order valence-corrected chi connectivity index (χ3v) is 3.71. The average Bonchev–Trinajstić information content (AvgIpc) is 2.27. The molecule has 0 saturated carbocycles. The monoisotopic (exact) mass is 278 g/mol. The van der Waals surface area contributed by atoms with Crippen LogP contribution < -0.4 is 5.73 Å². The lowest BCUT2D eigenvalue weighted by atomic mass is 10.1. The molecule has 0 fully saturated rings. The zero-order valence-electron chi connectivity index (χ0n) is 8.98. The molecule has 0 saturated heterocycles. The Morgan fingerprint density at radius 2 is 1.78 bits per heavy atom. The lowest BCUT2D eigenvalue weighted by Gasteiger charge is -2.15. The molecule has 0 radical (unpaired) electrons. The number of halogens is 3. The van der Waals surface area contributed by atoms with Crippen LogP contribution in [-0.4, -0.2) is 20.3 Å². The standard InChI is InChI=1S/C10H9F3N2O2S/c11-10(12,13)9(15)7-1-3-8(4-2-7)18(16,17)6-5-14/h1-4,9H,6,15H2/t9-/m1/s1. The van der Waals surface area contributed by atoms with Crippen molar-refractivity contribution in [3.8, 4) is 6.07 Å². The molecule has 0 unspecified atom stereocenters. The Labute approximate surface area is 102 Å². The smallest absolute Gasteiger partial charge is 0.316 e. The van der Waals surface area contributed by atoms with Crippen LogP contribution in [0, 0.1) is 11.3 Å². The minimum absolute atomic E-state index is 0.206. The van der Waals surface area contributed by atoms with E-state index in [-0.39, 0.29) is 10.5 Å². The van der Waals surface area contributed by atoms with Crippen molar-refractivity contribution in [1.82, 2.24) is 0 Å². The van der Waals surface area contributed by atoms with Gasteiger partial charge in [0.05, 0.1) is 11.0 Å². The van der Waals surface area contributed by atoms with Gasteiger partial charge in [-0.2, -0.15) is 18.4 Å². The highest BCUT2D eigenvalue weighted by Crippen LogP contribution is 2.30. The summed E-state index contributed by atoms with van der Waals surface area (Å²) in [4.78, 5) is -0.206. The Kier molecular flexibility index (Phi) is 3.98. The topological polar surface area (TPSA) is 84.0 Å². The molecule has 0 heterocycles. The second kappa shape index (κ2) is 4.96. The highest BCUT2D eigenvalue weighted by atomic mass is 32.2. The van der Waals surface area contributed by atoms with Gasteiger partial charge in [-0.25, -0.2) is 8.42 Å². The van der Waals surface area contributed by atoms with Crippen molar-refractivity contribution in [2.75, 3.05) is 5.75 Å². The number of hydrogen-bond acceptors (Lipinski definition) is 4. The molecule has 98 valence electrons. The van der Waals surface area contributed by atoms with E-state index in [0.717, 1.165) is 24.3 Å². The predicted molar refractivity (Wildman–Crippen MR) is 57.1 cm³/mol. The summed E-state index contributed by atoms with van der Waals surface area (Å²) >= 11 is 0. The number of alkyl halides is 3. The molecule has 18 heavy (non-hydrogen) atoms. The maximum Gasteiger partial charge on any atom is 0.407 e. The van der Waals surface area contributed by atoms with Crippen LogP contribution in [0.3, 0.4) is 0 Å². The lowest BCUT2D eigenvalue weighted by Crippen LogP contribution is -2.28. The van der Waals surface area contributed by atoms with Crippen molar-refractivity contribution in [2.24, 2.45) is 5.73 Å². The average molecular weight is 278 g/mol. The number of nitrogens with two attached hydrogens (primary N) is 1. The lowest BCUT2D eigenvalue weighted by molar-refractivity contribution is -0.149. The Bertz CT molecular complexity index is 558. The van der Waals surface area contributed by atoms with Gasteiger partial charge in [-0.1, -0.05) is 12.1 Å². The molecular weight excluding hydrogens is 269 g/mol. The molecule has 8 heteroatoms. The largest absolute Gasteiger partial charge is 0.407 e. The zero-order chi connectivity index (χ0) is 14.0. The Balaban J connectivity index is 3.05. The summed E-state index contributed by atoms with van der Waals surface area (Å²) < 4.78 is 59.8. The van der Waals surface area contributed by atoms with Crippen molar-refractivity contribution in [2.45, 2.75) is 17.1 Å². The van der Waals surface area contributed by atoms with Gasteiger partial charge in [-0.3, -0.25) is 0 Å². The van der Waals surface area contributed by atoms with Crippen LogP contribution >= 0.6 is 0 Å². The summed E-state index contributed by atoms with van der Waals surface area (Å²) in [5, 5.41) is 8.31. The van der Waals surface area contributed by atoms with E-state index < -0.39 is 27.8 Å². The minimum Gasteiger partial charge on any atom is -0.316 e. The first kappa shape index (κ1) is 14.5. The molecule has 0 aliphatic rings. The Hall–Kier alpha value is -1.59. The van der Waals surface area contributed by atoms with E-state index in [1.807, 2.05) is 0 Å². The molecule has 1 aromatic carbocycles. The first-order valence-corrected chi connectivity index (χ1v) is 6.35. The summed E-state index contributed by atoms with van der Waals surface area (Å²) in [5.41, 5.74) is 4.73. The highest BCUT2D eigenvalue weighted by molar-refractivity contribution is 7.91. The number of nitriles is 1. The first-order valence-electron chi connectivity index (χ1n) is 4.70. The van der Waals surface area contributed by atoms with E-state index in [0.29, 0.717) is 0 Å². The molecule has 0 aliphatic carbocycles. The maximum absolute atomic E-state index is 12.3. The van der Waals surface area contributed by atoms with Gasteiger partial charge in [-0.15, -0.1) is 0 Å². The van der Waals surface area contributed by atoms with Crippen molar-refractivity contribution < 1.29 is 21.6 Å². The molecule has 1 aromatic rings. The van der Waals surface area contributed by atoms with E-state index in [2.05, 4.69) is 0 Å². The summed E-state index contributed by atoms with van der Waals surface area (Å²) in [5.74, 6) is -0.725. The third kappa shape index (κ3) is 3.21. The van der Waals surface area contributed by atoms with Crippen LogP contribution in [0.25, 0.3) is 0 Å². The molecule has 1 atom stereocenters. The van der Waals surface area contributed by atoms with Gasteiger partial charge < -0.3 is 5.73 Å². The number of benzene rings is 1. The predicted octanol–water partition coefficient (Wildman–Crippen LogP) is 1.55. The van der Waals surface area contributed by atoms with Gasteiger partial charge in [0, 0.05) is 0 Å². The van der Waals surface area contributed by atoms with Crippen molar-refractivity contribution >= 4 is 9.84 Å². The second-order valence-corrected chi connectivity index (χ2v) is 5.50. The van der Waals surface area contributed by atoms with Gasteiger partial charge in [0.15, 0.2) is 9.84 Å². The summed E-state index contributed by atoms with van der Waals surface area (Å²) in [7, 11) is -3.77. The fourth-order valence-corrected chi connectivity index (χ4v) is 2.13. The summed E-state index contributed by atoms with van der Waals surface area (Å²) in [6.45, 7) is 0. The number of sulfone groups is 1. The van der Waals surface area contributed by atoms with Gasteiger partial charge >= 0.3 is 6.18 Å². The van der Waals surface area contributed by atoms with Crippen LogP contribution in [0.4, 0.5) is 13.2 Å². The van der Waals surface area contributed by atoms with E-state index in [9.17, 15) is 21.6 Å². The van der Waals surface area contributed by atoms with E-state index in [1.165, 1.54) is 6.07 Å². The normalized spacial score (nSPS) is 13.9. The summed E-state index contributed by atoms with van der Waals surface area (Å²) in [6, 6.07) is 3.31. The van der Waals surface area contributed by atoms with E-state index in [4.69, 9.17) is 11.0 Å². The van der Waals surface area contributed by atoms with Gasteiger partial charge in [0.2, 0.25) is 0 Å².